The molecule has 7 nitrogen and oxygen atoms in total. The molecule has 3 aliphatic carbocycles. The Balaban J connectivity index is 1.52. The molecular weight excluding hydrogens is 342 g/mol. The summed E-state index contributed by atoms with van der Waals surface area (Å²) in [5.41, 5.74) is -0.280. The molecule has 1 saturated heterocycles. The summed E-state index contributed by atoms with van der Waals surface area (Å²) in [4.78, 5) is 28.0. The summed E-state index contributed by atoms with van der Waals surface area (Å²) < 4.78 is 28.3. The maximum Gasteiger partial charge on any atom is 0.312 e. The first-order valence-corrected chi connectivity index (χ1v) is 10.9. The molecular formula is C17H27N3O4S. The first-order chi connectivity index (χ1) is 11.7. The maximum atomic E-state index is 12.7. The van der Waals surface area contributed by atoms with Crippen LogP contribution in [-0.2, 0) is 19.6 Å². The number of likely N-dealkylation sites (N-methyl/N-ethyl adjacent to an activating group) is 1. The third-order valence-corrected chi connectivity index (χ3v) is 8.46. The van der Waals surface area contributed by atoms with Gasteiger partial charge in [-0.1, -0.05) is 0 Å². The van der Waals surface area contributed by atoms with Crippen molar-refractivity contribution in [2.45, 2.75) is 74.7 Å². The van der Waals surface area contributed by atoms with Crippen LogP contribution in [0, 0.1) is 5.92 Å². The van der Waals surface area contributed by atoms with Gasteiger partial charge in [0, 0.05) is 19.1 Å². The zero-order valence-corrected chi connectivity index (χ0v) is 15.7. The molecule has 25 heavy (non-hydrogen) atoms. The van der Waals surface area contributed by atoms with E-state index in [4.69, 9.17) is 0 Å². The van der Waals surface area contributed by atoms with Gasteiger partial charge in [0.1, 0.15) is 0 Å². The van der Waals surface area contributed by atoms with Crippen molar-refractivity contribution in [1.29, 1.82) is 0 Å². The minimum Gasteiger partial charge on any atom is -0.332 e. The van der Waals surface area contributed by atoms with Crippen LogP contribution in [0.1, 0.15) is 51.9 Å². The van der Waals surface area contributed by atoms with E-state index in [1.54, 1.807) is 11.9 Å². The number of hydrogen-bond acceptors (Lipinski definition) is 4. The predicted molar refractivity (Wildman–Crippen MR) is 92.1 cm³/mol. The van der Waals surface area contributed by atoms with E-state index < -0.39 is 27.1 Å². The molecule has 1 heterocycles. The molecule has 3 atom stereocenters. The number of fused-ring (bicyclic) bond motifs is 1. The van der Waals surface area contributed by atoms with Crippen molar-refractivity contribution in [2.24, 2.45) is 5.92 Å². The van der Waals surface area contributed by atoms with Gasteiger partial charge in [-0.2, -0.15) is 0 Å². The number of nitrogens with one attached hydrogen (secondary N) is 1. The summed E-state index contributed by atoms with van der Waals surface area (Å²) in [6.45, 7) is 2.58. The predicted octanol–water partition coefficient (Wildman–Crippen LogP) is 0.459. The van der Waals surface area contributed by atoms with Crippen LogP contribution in [0.25, 0.3) is 0 Å². The van der Waals surface area contributed by atoms with Crippen LogP contribution >= 0.6 is 0 Å². The molecule has 2 amide bonds. The highest BCUT2D eigenvalue weighted by Crippen LogP contribution is 2.39. The topological polar surface area (TPSA) is 86.8 Å². The highest BCUT2D eigenvalue weighted by molar-refractivity contribution is 7.90. The van der Waals surface area contributed by atoms with Crippen molar-refractivity contribution < 1.29 is 18.0 Å². The Kier molecular flexibility index (Phi) is 3.92. The first kappa shape index (κ1) is 17.3. The Bertz CT molecular complexity index is 699. The molecule has 1 aliphatic heterocycles. The van der Waals surface area contributed by atoms with Crippen LogP contribution in [0.5, 0.6) is 0 Å². The molecule has 140 valence electrons. The summed E-state index contributed by atoms with van der Waals surface area (Å²) in [7, 11) is -1.77. The second-order valence-electron chi connectivity index (χ2n) is 8.59. The lowest BCUT2D eigenvalue weighted by atomic mass is 9.85. The van der Waals surface area contributed by atoms with E-state index in [1.807, 2.05) is 6.92 Å². The molecule has 1 N–H and O–H groups in total. The number of carbonyl (C=O) groups is 2. The van der Waals surface area contributed by atoms with Gasteiger partial charge in [-0.05, 0) is 57.8 Å². The lowest BCUT2D eigenvalue weighted by Gasteiger charge is -2.49. The molecule has 4 rings (SSSR count). The van der Waals surface area contributed by atoms with E-state index >= 15 is 0 Å². The van der Waals surface area contributed by atoms with Gasteiger partial charge in [0.05, 0.1) is 17.3 Å². The average Bonchev–Trinajstić information content (AvgIpc) is 3.48. The van der Waals surface area contributed by atoms with Crippen LogP contribution in [0.4, 0.5) is 0 Å². The molecule has 4 fully saturated rings. The first-order valence-electron chi connectivity index (χ1n) is 9.31. The van der Waals surface area contributed by atoms with E-state index in [0.717, 1.165) is 25.7 Å². The normalized spacial score (nSPS) is 34.9. The number of piperazine rings is 1. The van der Waals surface area contributed by atoms with E-state index in [-0.39, 0.29) is 17.6 Å². The Morgan fingerprint density at radius 1 is 1.08 bits per heavy atom. The maximum absolute atomic E-state index is 12.7. The Hall–Kier alpha value is -1.15. The molecule has 3 unspecified atom stereocenters. The molecule has 4 aliphatic rings. The monoisotopic (exact) mass is 369 g/mol. The van der Waals surface area contributed by atoms with Gasteiger partial charge in [-0.15, -0.1) is 0 Å². The fourth-order valence-electron chi connectivity index (χ4n) is 4.24. The highest BCUT2D eigenvalue weighted by atomic mass is 32.2. The smallest absolute Gasteiger partial charge is 0.312 e. The lowest BCUT2D eigenvalue weighted by molar-refractivity contribution is -0.163. The second-order valence-corrected chi connectivity index (χ2v) is 10.6. The Morgan fingerprint density at radius 3 is 2.36 bits per heavy atom. The molecule has 0 spiro atoms. The third kappa shape index (κ3) is 3.18. The SMILES string of the molecule is CN1C(=O)C(=O)N(CC2CC2)C2CCC(S(=O)(=O)NC3(C)CC3)CC21. The fraction of sp³-hybridized carbons (Fsp3) is 0.882. The van der Waals surface area contributed by atoms with Crippen molar-refractivity contribution in [2.75, 3.05) is 13.6 Å². The van der Waals surface area contributed by atoms with E-state index in [9.17, 15) is 18.0 Å². The van der Waals surface area contributed by atoms with Crippen LogP contribution in [-0.4, -0.2) is 66.5 Å². The summed E-state index contributed by atoms with van der Waals surface area (Å²) in [5.74, 6) is -0.401. The number of carbonyl (C=O) groups excluding carboxylic acids is 2. The largest absolute Gasteiger partial charge is 0.332 e. The molecule has 8 heteroatoms. The van der Waals surface area contributed by atoms with E-state index in [2.05, 4.69) is 4.72 Å². The fourth-order valence-corrected chi connectivity index (χ4v) is 6.20. The Morgan fingerprint density at radius 2 is 1.76 bits per heavy atom. The zero-order valence-electron chi connectivity index (χ0n) is 14.9. The summed E-state index contributed by atoms with van der Waals surface area (Å²) in [6.07, 6.45) is 5.59. The van der Waals surface area contributed by atoms with Crippen molar-refractivity contribution in [3.8, 4) is 0 Å². The summed E-state index contributed by atoms with van der Waals surface area (Å²) >= 11 is 0. The average molecular weight is 369 g/mol. The van der Waals surface area contributed by atoms with Gasteiger partial charge in [-0.3, -0.25) is 9.59 Å². The minimum absolute atomic E-state index is 0.0428. The second kappa shape index (κ2) is 5.67. The minimum atomic E-state index is -3.40. The molecule has 0 aromatic heterocycles. The van der Waals surface area contributed by atoms with Crippen LogP contribution in [0.15, 0.2) is 0 Å². The third-order valence-electron chi connectivity index (χ3n) is 6.37. The zero-order chi connectivity index (χ0) is 18.0. The van der Waals surface area contributed by atoms with Gasteiger partial charge in [0.25, 0.3) is 0 Å². The van der Waals surface area contributed by atoms with Crippen molar-refractivity contribution in [1.82, 2.24) is 14.5 Å². The summed E-state index contributed by atoms with van der Waals surface area (Å²) in [6, 6.07) is -0.245. The number of amides is 2. The highest BCUT2D eigenvalue weighted by Gasteiger charge is 2.51. The van der Waals surface area contributed by atoms with E-state index in [1.165, 1.54) is 4.90 Å². The Labute approximate surface area is 149 Å². The molecule has 0 aromatic rings. The molecule has 0 aromatic carbocycles. The quantitative estimate of drug-likeness (QED) is 0.713. The molecule has 0 bridgehead atoms. The van der Waals surface area contributed by atoms with Crippen molar-refractivity contribution in [3.63, 3.8) is 0 Å². The molecule has 3 saturated carbocycles. The van der Waals surface area contributed by atoms with E-state index in [0.29, 0.717) is 31.7 Å². The van der Waals surface area contributed by atoms with Crippen LogP contribution < -0.4 is 4.72 Å². The van der Waals surface area contributed by atoms with Gasteiger partial charge in [0.15, 0.2) is 0 Å². The standard InChI is InChI=1S/C17H27N3O4S/c1-17(7-8-17)18-25(23,24)12-5-6-13-14(9-12)19(2)15(21)16(22)20(13)10-11-3-4-11/h11-14,18H,3-10H2,1-2H3. The van der Waals surface area contributed by atoms with Gasteiger partial charge in [-0.25, -0.2) is 13.1 Å². The van der Waals surface area contributed by atoms with Crippen LogP contribution in [0.3, 0.4) is 0 Å². The number of rotatable bonds is 5. The number of sulfonamides is 1. The van der Waals surface area contributed by atoms with Gasteiger partial charge >= 0.3 is 11.8 Å². The number of hydrogen-bond donors (Lipinski definition) is 1. The lowest BCUT2D eigenvalue weighted by Crippen LogP contribution is -2.66. The van der Waals surface area contributed by atoms with Gasteiger partial charge < -0.3 is 9.80 Å². The van der Waals surface area contributed by atoms with Crippen molar-refractivity contribution in [3.05, 3.63) is 0 Å². The van der Waals surface area contributed by atoms with Crippen molar-refractivity contribution >= 4 is 21.8 Å². The molecule has 0 radical (unpaired) electrons. The number of nitrogens with zero attached hydrogens (tertiary/aromatic N) is 2. The summed E-state index contributed by atoms with van der Waals surface area (Å²) in [5, 5.41) is -0.489. The van der Waals surface area contributed by atoms with Gasteiger partial charge in [0.2, 0.25) is 10.0 Å². The van der Waals surface area contributed by atoms with Crippen LogP contribution in [0.2, 0.25) is 0 Å².